The first kappa shape index (κ1) is 14.9. The molecule has 3 rings (SSSR count). The largest absolute Gasteiger partial charge is 0.450 e. The summed E-state index contributed by atoms with van der Waals surface area (Å²) in [7, 11) is 1.90. The zero-order chi connectivity index (χ0) is 15.7. The Morgan fingerprint density at radius 2 is 1.82 bits per heavy atom. The zero-order valence-electron chi connectivity index (χ0n) is 13.2. The second-order valence-corrected chi connectivity index (χ2v) is 5.73. The van der Waals surface area contributed by atoms with E-state index in [-0.39, 0.29) is 12.0 Å². The molecule has 7 heteroatoms. The molecule has 7 nitrogen and oxygen atoms in total. The molecule has 1 aromatic heterocycles. The number of piperazine rings is 1. The molecule has 22 heavy (non-hydrogen) atoms. The summed E-state index contributed by atoms with van der Waals surface area (Å²) in [6.07, 6.45) is 2.74. The van der Waals surface area contributed by atoms with E-state index in [9.17, 15) is 9.59 Å². The van der Waals surface area contributed by atoms with Crippen LogP contribution in [0, 0.1) is 0 Å². The van der Waals surface area contributed by atoms with Crippen molar-refractivity contribution in [3.63, 3.8) is 0 Å². The van der Waals surface area contributed by atoms with E-state index < -0.39 is 0 Å². The fourth-order valence-electron chi connectivity index (χ4n) is 3.24. The van der Waals surface area contributed by atoms with Crippen LogP contribution in [-0.4, -0.2) is 64.4 Å². The third-order valence-corrected chi connectivity index (χ3v) is 4.41. The molecule has 1 fully saturated rings. The number of carbonyl (C=O) groups is 2. The Hall–Kier alpha value is -2.05. The first-order valence-electron chi connectivity index (χ1n) is 7.87. The number of aromatic nitrogens is 2. The molecule has 1 aliphatic heterocycles. The molecule has 120 valence electrons. The molecule has 0 atom stereocenters. The monoisotopic (exact) mass is 306 g/mol. The number of hydrogen-bond acceptors (Lipinski definition) is 4. The van der Waals surface area contributed by atoms with E-state index in [0.717, 1.165) is 24.8 Å². The molecule has 0 N–H and O–H groups in total. The standard InChI is InChI=1S/C15H22N4O3/c1-3-22-15(21)19-9-7-18(8-10-19)14(20)13-11-5-4-6-12(11)17(2)16-13/h3-10H2,1-2H3. The summed E-state index contributed by atoms with van der Waals surface area (Å²) in [4.78, 5) is 27.8. The van der Waals surface area contributed by atoms with E-state index in [1.807, 2.05) is 11.7 Å². The minimum absolute atomic E-state index is 0.0118. The second-order valence-electron chi connectivity index (χ2n) is 5.73. The molecule has 0 bridgehead atoms. The molecule has 0 aromatic carbocycles. The lowest BCUT2D eigenvalue weighted by atomic mass is 10.1. The fraction of sp³-hybridized carbons (Fsp3) is 0.667. The van der Waals surface area contributed by atoms with Gasteiger partial charge in [0, 0.05) is 44.5 Å². The molecule has 1 aromatic rings. The lowest BCUT2D eigenvalue weighted by Crippen LogP contribution is -2.51. The average molecular weight is 306 g/mol. The van der Waals surface area contributed by atoms with Crippen molar-refractivity contribution >= 4 is 12.0 Å². The van der Waals surface area contributed by atoms with Crippen molar-refractivity contribution < 1.29 is 14.3 Å². The van der Waals surface area contributed by atoms with Crippen LogP contribution in [0.2, 0.25) is 0 Å². The van der Waals surface area contributed by atoms with Crippen molar-refractivity contribution in [2.24, 2.45) is 7.05 Å². The predicted molar refractivity (Wildman–Crippen MR) is 79.7 cm³/mol. The van der Waals surface area contributed by atoms with Gasteiger partial charge in [0.05, 0.1) is 6.61 Å². The van der Waals surface area contributed by atoms with E-state index in [4.69, 9.17) is 4.74 Å². The van der Waals surface area contributed by atoms with Gasteiger partial charge in [0.25, 0.3) is 5.91 Å². The number of aryl methyl sites for hydroxylation is 1. The quantitative estimate of drug-likeness (QED) is 0.811. The molecule has 0 spiro atoms. The predicted octanol–water partition coefficient (Wildman–Crippen LogP) is 0.823. The number of ether oxygens (including phenoxy) is 1. The molecule has 2 aliphatic rings. The van der Waals surface area contributed by atoms with Gasteiger partial charge >= 0.3 is 6.09 Å². The number of hydrogen-bond donors (Lipinski definition) is 0. The Kier molecular flexibility index (Phi) is 4.04. The third-order valence-electron chi connectivity index (χ3n) is 4.41. The maximum absolute atomic E-state index is 12.7. The van der Waals surface area contributed by atoms with Gasteiger partial charge in [0.15, 0.2) is 5.69 Å². The zero-order valence-corrected chi connectivity index (χ0v) is 13.2. The number of rotatable bonds is 2. The van der Waals surface area contributed by atoms with Crippen molar-refractivity contribution in [3.05, 3.63) is 17.0 Å². The first-order valence-corrected chi connectivity index (χ1v) is 7.87. The van der Waals surface area contributed by atoms with Crippen LogP contribution in [-0.2, 0) is 24.6 Å². The minimum Gasteiger partial charge on any atom is -0.450 e. The van der Waals surface area contributed by atoms with Crippen LogP contribution in [0.4, 0.5) is 4.79 Å². The maximum Gasteiger partial charge on any atom is 0.409 e. The minimum atomic E-state index is -0.298. The lowest BCUT2D eigenvalue weighted by Gasteiger charge is -2.33. The van der Waals surface area contributed by atoms with Crippen LogP contribution in [0.25, 0.3) is 0 Å². The Labute approximate surface area is 129 Å². The molecule has 0 radical (unpaired) electrons. The summed E-state index contributed by atoms with van der Waals surface area (Å²) < 4.78 is 6.83. The maximum atomic E-state index is 12.7. The summed E-state index contributed by atoms with van der Waals surface area (Å²) in [5.41, 5.74) is 2.90. The van der Waals surface area contributed by atoms with Crippen LogP contribution >= 0.6 is 0 Å². The number of carbonyl (C=O) groups excluding carboxylic acids is 2. The number of fused-ring (bicyclic) bond motifs is 1. The van der Waals surface area contributed by atoms with E-state index in [2.05, 4.69) is 5.10 Å². The smallest absolute Gasteiger partial charge is 0.409 e. The van der Waals surface area contributed by atoms with Crippen molar-refractivity contribution in [1.82, 2.24) is 19.6 Å². The SMILES string of the molecule is CCOC(=O)N1CCN(C(=O)c2nn(C)c3c2CCC3)CC1. The summed E-state index contributed by atoms with van der Waals surface area (Å²) in [5, 5.41) is 4.41. The summed E-state index contributed by atoms with van der Waals surface area (Å²) in [6, 6.07) is 0. The van der Waals surface area contributed by atoms with Crippen LogP contribution < -0.4 is 0 Å². The highest BCUT2D eigenvalue weighted by Crippen LogP contribution is 2.25. The van der Waals surface area contributed by atoms with Gasteiger partial charge in [0.2, 0.25) is 0 Å². The normalized spacial score (nSPS) is 17.5. The lowest BCUT2D eigenvalue weighted by molar-refractivity contribution is 0.0564. The summed E-state index contributed by atoms with van der Waals surface area (Å²) in [6.45, 7) is 4.25. The third kappa shape index (κ3) is 2.55. The highest BCUT2D eigenvalue weighted by Gasteiger charge is 2.31. The average Bonchev–Trinajstić information content (AvgIpc) is 3.11. The second kappa shape index (κ2) is 5.98. The van der Waals surface area contributed by atoms with Crippen molar-refractivity contribution in [2.75, 3.05) is 32.8 Å². The molecule has 2 amide bonds. The topological polar surface area (TPSA) is 67.7 Å². The Balaban J connectivity index is 1.66. The van der Waals surface area contributed by atoms with Gasteiger partial charge in [-0.2, -0.15) is 5.10 Å². The Bertz CT molecular complexity index is 588. The van der Waals surface area contributed by atoms with E-state index in [1.165, 1.54) is 5.69 Å². The Morgan fingerprint density at radius 3 is 2.50 bits per heavy atom. The van der Waals surface area contributed by atoms with Gasteiger partial charge in [-0.15, -0.1) is 0 Å². The molecular formula is C15H22N4O3. The molecule has 0 saturated carbocycles. The van der Waals surface area contributed by atoms with Crippen molar-refractivity contribution in [2.45, 2.75) is 26.2 Å². The molecular weight excluding hydrogens is 284 g/mol. The Morgan fingerprint density at radius 1 is 1.14 bits per heavy atom. The summed E-state index contributed by atoms with van der Waals surface area (Å²) in [5.74, 6) is -0.0118. The molecule has 1 aliphatic carbocycles. The van der Waals surface area contributed by atoms with Crippen molar-refractivity contribution in [3.8, 4) is 0 Å². The van der Waals surface area contributed by atoms with Gasteiger partial charge in [-0.05, 0) is 26.2 Å². The van der Waals surface area contributed by atoms with E-state index in [1.54, 1.807) is 16.7 Å². The van der Waals surface area contributed by atoms with Crippen molar-refractivity contribution in [1.29, 1.82) is 0 Å². The highest BCUT2D eigenvalue weighted by atomic mass is 16.6. The highest BCUT2D eigenvalue weighted by molar-refractivity contribution is 5.94. The van der Waals surface area contributed by atoms with Gasteiger partial charge in [-0.1, -0.05) is 0 Å². The molecule has 1 saturated heterocycles. The van der Waals surface area contributed by atoms with E-state index in [0.29, 0.717) is 38.5 Å². The van der Waals surface area contributed by atoms with Gasteiger partial charge < -0.3 is 14.5 Å². The molecule has 0 unspecified atom stereocenters. The fourth-order valence-corrected chi connectivity index (χ4v) is 3.24. The number of amides is 2. The molecule has 2 heterocycles. The van der Waals surface area contributed by atoms with E-state index >= 15 is 0 Å². The first-order chi connectivity index (χ1) is 10.6. The number of nitrogens with zero attached hydrogens (tertiary/aromatic N) is 4. The van der Waals surface area contributed by atoms with Gasteiger partial charge in [0.1, 0.15) is 0 Å². The van der Waals surface area contributed by atoms with Gasteiger partial charge in [-0.3, -0.25) is 9.48 Å². The van der Waals surface area contributed by atoms with Crippen LogP contribution in [0.1, 0.15) is 35.1 Å². The van der Waals surface area contributed by atoms with Crippen LogP contribution in [0.5, 0.6) is 0 Å². The van der Waals surface area contributed by atoms with Crippen LogP contribution in [0.15, 0.2) is 0 Å². The van der Waals surface area contributed by atoms with Gasteiger partial charge in [-0.25, -0.2) is 4.79 Å². The van der Waals surface area contributed by atoms with Crippen LogP contribution in [0.3, 0.4) is 0 Å². The summed E-state index contributed by atoms with van der Waals surface area (Å²) >= 11 is 0.